The SMILES string of the molecule is O=C(NC1CCCC1)[C@H](Cc1ccccc1)N(Cc1cccc(Br)c1)C(=O)CCSCc1ccccc1. The maximum absolute atomic E-state index is 13.7. The van der Waals surface area contributed by atoms with Crippen LogP contribution in [0.15, 0.2) is 89.4 Å². The second-order valence-electron chi connectivity index (χ2n) is 9.64. The number of thioether (sulfide) groups is 1. The summed E-state index contributed by atoms with van der Waals surface area (Å²) < 4.78 is 0.964. The zero-order chi connectivity index (χ0) is 25.9. The lowest BCUT2D eigenvalue weighted by Gasteiger charge is -2.32. The second-order valence-corrected chi connectivity index (χ2v) is 11.7. The molecule has 4 rings (SSSR count). The van der Waals surface area contributed by atoms with Crippen LogP contribution in [0.3, 0.4) is 0 Å². The minimum atomic E-state index is -0.561. The Morgan fingerprint density at radius 1 is 0.892 bits per heavy atom. The first-order valence-corrected chi connectivity index (χ1v) is 15.0. The van der Waals surface area contributed by atoms with Crippen molar-refractivity contribution in [3.8, 4) is 0 Å². The Bertz CT molecular complexity index is 1140. The molecule has 1 aliphatic carbocycles. The minimum absolute atomic E-state index is 0.0167. The van der Waals surface area contributed by atoms with E-state index in [2.05, 4.69) is 33.4 Å². The van der Waals surface area contributed by atoms with E-state index < -0.39 is 6.04 Å². The van der Waals surface area contributed by atoms with Crippen molar-refractivity contribution in [1.29, 1.82) is 0 Å². The van der Waals surface area contributed by atoms with Crippen LogP contribution in [-0.2, 0) is 28.3 Å². The van der Waals surface area contributed by atoms with E-state index in [1.54, 1.807) is 11.8 Å². The minimum Gasteiger partial charge on any atom is -0.352 e. The van der Waals surface area contributed by atoms with E-state index in [0.29, 0.717) is 25.1 Å². The molecule has 0 radical (unpaired) electrons. The third-order valence-corrected chi connectivity index (χ3v) is 8.31. The molecule has 0 aliphatic heterocycles. The van der Waals surface area contributed by atoms with Gasteiger partial charge in [0.2, 0.25) is 11.8 Å². The highest BCUT2D eigenvalue weighted by Crippen LogP contribution is 2.22. The molecule has 0 saturated heterocycles. The van der Waals surface area contributed by atoms with Crippen LogP contribution in [0.5, 0.6) is 0 Å². The predicted octanol–water partition coefficient (Wildman–Crippen LogP) is 6.77. The molecule has 0 spiro atoms. The third kappa shape index (κ3) is 8.75. The molecule has 1 fully saturated rings. The summed E-state index contributed by atoms with van der Waals surface area (Å²) >= 11 is 5.31. The smallest absolute Gasteiger partial charge is 0.243 e. The lowest BCUT2D eigenvalue weighted by molar-refractivity contribution is -0.141. The summed E-state index contributed by atoms with van der Waals surface area (Å²) in [5.74, 6) is 1.56. The molecule has 0 aromatic heterocycles. The van der Waals surface area contributed by atoms with E-state index in [-0.39, 0.29) is 17.9 Å². The van der Waals surface area contributed by atoms with Gasteiger partial charge in [-0.3, -0.25) is 9.59 Å². The molecule has 3 aromatic rings. The molecule has 1 N–H and O–H groups in total. The Hall–Kier alpha value is -2.57. The van der Waals surface area contributed by atoms with E-state index in [1.807, 2.05) is 77.7 Å². The largest absolute Gasteiger partial charge is 0.352 e. The van der Waals surface area contributed by atoms with Gasteiger partial charge in [0.1, 0.15) is 6.04 Å². The number of hydrogen-bond acceptors (Lipinski definition) is 3. The van der Waals surface area contributed by atoms with Gasteiger partial charge in [-0.15, -0.1) is 0 Å². The average molecular weight is 580 g/mol. The number of carbonyl (C=O) groups excluding carboxylic acids is 2. The van der Waals surface area contributed by atoms with Crippen molar-refractivity contribution in [2.75, 3.05) is 5.75 Å². The summed E-state index contributed by atoms with van der Waals surface area (Å²) in [5.41, 5.74) is 3.31. The van der Waals surface area contributed by atoms with Gasteiger partial charge in [0.25, 0.3) is 0 Å². The van der Waals surface area contributed by atoms with E-state index in [0.717, 1.165) is 47.0 Å². The first-order chi connectivity index (χ1) is 18.1. The molecule has 6 heteroatoms. The van der Waals surface area contributed by atoms with E-state index in [9.17, 15) is 9.59 Å². The molecule has 0 unspecified atom stereocenters. The molecule has 1 saturated carbocycles. The van der Waals surface area contributed by atoms with Gasteiger partial charge in [-0.25, -0.2) is 0 Å². The van der Waals surface area contributed by atoms with Crippen LogP contribution < -0.4 is 5.32 Å². The highest BCUT2D eigenvalue weighted by atomic mass is 79.9. The molecule has 37 heavy (non-hydrogen) atoms. The van der Waals surface area contributed by atoms with Crippen molar-refractivity contribution in [2.45, 2.75) is 62.9 Å². The van der Waals surface area contributed by atoms with E-state index in [1.165, 1.54) is 5.56 Å². The van der Waals surface area contributed by atoms with Crippen molar-refractivity contribution in [3.05, 3.63) is 106 Å². The fraction of sp³-hybridized carbons (Fsp3) is 0.355. The summed E-state index contributed by atoms with van der Waals surface area (Å²) in [5, 5.41) is 3.27. The Morgan fingerprint density at radius 3 is 2.22 bits per heavy atom. The maximum atomic E-state index is 13.7. The normalized spacial score (nSPS) is 14.3. The Balaban J connectivity index is 1.52. The molecule has 3 aromatic carbocycles. The maximum Gasteiger partial charge on any atom is 0.243 e. The summed E-state index contributed by atoms with van der Waals surface area (Å²) in [6, 6.07) is 28.0. The lowest BCUT2D eigenvalue weighted by atomic mass is 10.0. The van der Waals surface area contributed by atoms with Gasteiger partial charge in [0.15, 0.2) is 0 Å². The van der Waals surface area contributed by atoms with Gasteiger partial charge in [0, 0.05) is 41.4 Å². The number of carbonyl (C=O) groups is 2. The zero-order valence-electron chi connectivity index (χ0n) is 21.2. The van der Waals surface area contributed by atoms with E-state index in [4.69, 9.17) is 0 Å². The van der Waals surface area contributed by atoms with Gasteiger partial charge in [-0.05, 0) is 41.7 Å². The summed E-state index contributed by atoms with van der Waals surface area (Å²) in [6.45, 7) is 0.400. The first-order valence-electron chi connectivity index (χ1n) is 13.1. The zero-order valence-corrected chi connectivity index (χ0v) is 23.6. The number of halogens is 1. The number of nitrogens with zero attached hydrogens (tertiary/aromatic N) is 1. The number of benzene rings is 3. The number of rotatable bonds is 12. The molecular weight excluding hydrogens is 544 g/mol. The molecule has 0 bridgehead atoms. The molecular formula is C31H35BrN2O2S. The highest BCUT2D eigenvalue weighted by Gasteiger charge is 2.32. The molecule has 1 aliphatic rings. The van der Waals surface area contributed by atoms with Crippen molar-refractivity contribution in [1.82, 2.24) is 10.2 Å². The summed E-state index contributed by atoms with van der Waals surface area (Å²) in [7, 11) is 0. The van der Waals surface area contributed by atoms with Gasteiger partial charge < -0.3 is 10.2 Å². The van der Waals surface area contributed by atoms with Crippen molar-refractivity contribution >= 4 is 39.5 Å². The quantitative estimate of drug-likeness (QED) is 0.241. The predicted molar refractivity (Wildman–Crippen MR) is 156 cm³/mol. The molecule has 2 amide bonds. The van der Waals surface area contributed by atoms with Crippen LogP contribution >= 0.6 is 27.7 Å². The van der Waals surface area contributed by atoms with Crippen LogP contribution in [0.1, 0.15) is 48.8 Å². The Kier molecular flexibility index (Phi) is 10.7. The molecule has 1 atom stereocenters. The Morgan fingerprint density at radius 2 is 1.54 bits per heavy atom. The van der Waals surface area contributed by atoms with E-state index >= 15 is 0 Å². The monoisotopic (exact) mass is 578 g/mol. The first kappa shape index (κ1) is 27.5. The standard InChI is InChI=1S/C31H35BrN2O2S/c32-27-15-9-14-26(20-27)22-34(30(35)18-19-37-23-25-12-5-2-6-13-25)29(21-24-10-3-1-4-11-24)31(36)33-28-16-7-8-17-28/h1-6,9-15,20,28-29H,7-8,16-19,21-23H2,(H,33,36)/t29-/m0/s1. The number of hydrogen-bond donors (Lipinski definition) is 1. The van der Waals surface area contributed by atoms with Crippen LogP contribution in [0.25, 0.3) is 0 Å². The van der Waals surface area contributed by atoms with Gasteiger partial charge in [0.05, 0.1) is 0 Å². The summed E-state index contributed by atoms with van der Waals surface area (Å²) in [4.78, 5) is 29.2. The second kappa shape index (κ2) is 14.4. The van der Waals surface area contributed by atoms with Crippen LogP contribution in [0.4, 0.5) is 0 Å². The summed E-state index contributed by atoms with van der Waals surface area (Å²) in [6.07, 6.45) is 5.21. The fourth-order valence-corrected chi connectivity index (χ4v) is 6.16. The lowest BCUT2D eigenvalue weighted by Crippen LogP contribution is -2.52. The van der Waals surface area contributed by atoms with Gasteiger partial charge >= 0.3 is 0 Å². The van der Waals surface area contributed by atoms with Crippen molar-refractivity contribution in [3.63, 3.8) is 0 Å². The number of nitrogens with one attached hydrogen (secondary N) is 1. The molecule has 194 valence electrons. The van der Waals surface area contributed by atoms with Crippen LogP contribution in [-0.4, -0.2) is 34.6 Å². The van der Waals surface area contributed by atoms with Crippen molar-refractivity contribution in [2.24, 2.45) is 0 Å². The molecule has 4 nitrogen and oxygen atoms in total. The number of amides is 2. The molecule has 0 heterocycles. The fourth-order valence-electron chi connectivity index (χ4n) is 4.82. The Labute approximate surface area is 233 Å². The third-order valence-electron chi connectivity index (χ3n) is 6.79. The van der Waals surface area contributed by atoms with Gasteiger partial charge in [-0.1, -0.05) is 102 Å². The van der Waals surface area contributed by atoms with Gasteiger partial charge in [-0.2, -0.15) is 11.8 Å². The average Bonchev–Trinajstić information content (AvgIpc) is 3.43. The topological polar surface area (TPSA) is 49.4 Å². The highest BCUT2D eigenvalue weighted by molar-refractivity contribution is 9.10. The van der Waals surface area contributed by atoms with Crippen LogP contribution in [0.2, 0.25) is 0 Å². The van der Waals surface area contributed by atoms with Crippen LogP contribution in [0, 0.1) is 0 Å². The van der Waals surface area contributed by atoms with Crippen molar-refractivity contribution < 1.29 is 9.59 Å².